The summed E-state index contributed by atoms with van der Waals surface area (Å²) in [5, 5.41) is 12.0. The van der Waals surface area contributed by atoms with Crippen LogP contribution in [0.5, 0.6) is 0 Å². The highest BCUT2D eigenvalue weighted by atomic mass is 15.2. The van der Waals surface area contributed by atoms with Gasteiger partial charge in [0, 0.05) is 24.8 Å². The van der Waals surface area contributed by atoms with Gasteiger partial charge in [-0.25, -0.2) is 0 Å². The summed E-state index contributed by atoms with van der Waals surface area (Å²) in [5.41, 5.74) is 4.33. The Kier molecular flexibility index (Phi) is 4.81. The second kappa shape index (κ2) is 6.58. The van der Waals surface area contributed by atoms with Gasteiger partial charge in [0.25, 0.3) is 0 Å². The van der Waals surface area contributed by atoms with Gasteiger partial charge in [-0.3, -0.25) is 5.32 Å². The van der Waals surface area contributed by atoms with E-state index in [1.165, 1.54) is 16.8 Å². The molecule has 0 spiro atoms. The van der Waals surface area contributed by atoms with Gasteiger partial charge in [0.05, 0.1) is 12.6 Å². The van der Waals surface area contributed by atoms with Gasteiger partial charge in [0.1, 0.15) is 0 Å². The molecule has 2 rings (SSSR count). The van der Waals surface area contributed by atoms with Crippen molar-refractivity contribution in [1.82, 2.24) is 5.32 Å². The van der Waals surface area contributed by atoms with Crippen LogP contribution in [-0.2, 0) is 12.8 Å². The number of hydrogen-bond donors (Lipinski definition) is 1. The van der Waals surface area contributed by atoms with Gasteiger partial charge in [-0.05, 0) is 30.4 Å². The zero-order valence-corrected chi connectivity index (χ0v) is 11.9. The minimum Gasteiger partial charge on any atom is -0.369 e. The molecule has 1 heterocycles. The van der Waals surface area contributed by atoms with Crippen molar-refractivity contribution < 1.29 is 0 Å². The first-order valence-electron chi connectivity index (χ1n) is 7.26. The van der Waals surface area contributed by atoms with Crippen molar-refractivity contribution in [2.75, 3.05) is 24.5 Å². The van der Waals surface area contributed by atoms with E-state index in [2.05, 4.69) is 48.3 Å². The van der Waals surface area contributed by atoms with Crippen molar-refractivity contribution in [3.8, 4) is 6.07 Å². The van der Waals surface area contributed by atoms with E-state index in [9.17, 15) is 0 Å². The third kappa shape index (κ3) is 3.08. The van der Waals surface area contributed by atoms with Crippen molar-refractivity contribution in [3.05, 3.63) is 29.3 Å². The Balaban J connectivity index is 2.16. The molecule has 3 nitrogen and oxygen atoms in total. The van der Waals surface area contributed by atoms with E-state index in [4.69, 9.17) is 5.26 Å². The molecular formula is C16H23N3. The minimum absolute atomic E-state index is 0.453. The molecule has 1 fully saturated rings. The molecule has 1 atom stereocenters. The Bertz CT molecular complexity index is 439. The second-order valence-corrected chi connectivity index (χ2v) is 5.10. The molecule has 1 aromatic carbocycles. The molecule has 1 aliphatic heterocycles. The summed E-state index contributed by atoms with van der Waals surface area (Å²) in [5.74, 6) is 0. The quantitative estimate of drug-likeness (QED) is 0.824. The van der Waals surface area contributed by atoms with E-state index >= 15 is 0 Å². The zero-order valence-electron chi connectivity index (χ0n) is 11.9. The van der Waals surface area contributed by atoms with Crippen LogP contribution in [0.15, 0.2) is 18.2 Å². The number of nitrogens with one attached hydrogen (secondary N) is 1. The predicted molar refractivity (Wildman–Crippen MR) is 79.4 cm³/mol. The van der Waals surface area contributed by atoms with Gasteiger partial charge in [-0.1, -0.05) is 32.0 Å². The first-order valence-corrected chi connectivity index (χ1v) is 7.26. The van der Waals surface area contributed by atoms with E-state index in [0.717, 1.165) is 32.4 Å². The molecule has 0 aliphatic carbocycles. The van der Waals surface area contributed by atoms with Crippen LogP contribution in [0.3, 0.4) is 0 Å². The maximum Gasteiger partial charge on any atom is 0.0843 e. The highest BCUT2D eigenvalue weighted by molar-refractivity contribution is 5.60. The molecule has 0 amide bonds. The summed E-state index contributed by atoms with van der Waals surface area (Å²) in [4.78, 5) is 2.49. The van der Waals surface area contributed by atoms with Crippen LogP contribution in [0, 0.1) is 11.3 Å². The number of nitriles is 1. The van der Waals surface area contributed by atoms with E-state index in [1.54, 1.807) is 0 Å². The lowest BCUT2D eigenvalue weighted by molar-refractivity contribution is 0.591. The summed E-state index contributed by atoms with van der Waals surface area (Å²) in [6.45, 7) is 7.01. The average Bonchev–Trinajstić information content (AvgIpc) is 2.92. The number of anilines is 1. The molecule has 0 aromatic heterocycles. The van der Waals surface area contributed by atoms with Gasteiger partial charge < -0.3 is 4.90 Å². The Labute approximate surface area is 116 Å². The molecule has 0 radical (unpaired) electrons. The number of para-hydroxylation sites is 1. The summed E-state index contributed by atoms with van der Waals surface area (Å²) in [6, 6.07) is 9.27. The molecule has 1 saturated heterocycles. The first-order chi connectivity index (χ1) is 9.30. The molecule has 1 unspecified atom stereocenters. The van der Waals surface area contributed by atoms with Crippen molar-refractivity contribution in [1.29, 1.82) is 5.26 Å². The number of rotatable bonds is 5. The van der Waals surface area contributed by atoms with Crippen molar-refractivity contribution >= 4 is 5.69 Å². The summed E-state index contributed by atoms with van der Waals surface area (Å²) < 4.78 is 0. The molecule has 1 aromatic rings. The zero-order chi connectivity index (χ0) is 13.7. The number of benzene rings is 1. The summed E-state index contributed by atoms with van der Waals surface area (Å²) in [6.07, 6.45) is 3.29. The van der Waals surface area contributed by atoms with Crippen LogP contribution in [0.1, 0.15) is 31.4 Å². The molecule has 1 aliphatic rings. The van der Waals surface area contributed by atoms with Gasteiger partial charge in [0.15, 0.2) is 0 Å². The van der Waals surface area contributed by atoms with Crippen LogP contribution in [-0.4, -0.2) is 25.7 Å². The van der Waals surface area contributed by atoms with Gasteiger partial charge >= 0.3 is 0 Å². The third-order valence-electron chi connectivity index (χ3n) is 3.94. The fraction of sp³-hybridized carbons (Fsp3) is 0.562. The van der Waals surface area contributed by atoms with Crippen LogP contribution in [0.4, 0.5) is 5.69 Å². The lowest BCUT2D eigenvalue weighted by Gasteiger charge is -2.25. The predicted octanol–water partition coefficient (Wildman–Crippen LogP) is 2.50. The lowest BCUT2D eigenvalue weighted by atomic mass is 10.0. The average molecular weight is 257 g/mol. The van der Waals surface area contributed by atoms with Crippen molar-refractivity contribution in [3.63, 3.8) is 0 Å². The summed E-state index contributed by atoms with van der Waals surface area (Å²) in [7, 11) is 0. The number of aryl methyl sites for hydroxylation is 2. The molecular weight excluding hydrogens is 234 g/mol. The topological polar surface area (TPSA) is 39.1 Å². The maximum absolute atomic E-state index is 8.65. The van der Waals surface area contributed by atoms with Gasteiger partial charge in [-0.15, -0.1) is 0 Å². The standard InChI is InChI=1S/C16H23N3/c1-3-13-6-5-7-14(4-2)16(13)19-11-8-15(12-19)18-10-9-17/h5-7,15,18H,3-4,8,10-12H2,1-2H3. The van der Waals surface area contributed by atoms with Crippen LogP contribution < -0.4 is 10.2 Å². The second-order valence-electron chi connectivity index (χ2n) is 5.10. The highest BCUT2D eigenvalue weighted by Gasteiger charge is 2.24. The van der Waals surface area contributed by atoms with Gasteiger partial charge in [0.2, 0.25) is 0 Å². The third-order valence-corrected chi connectivity index (χ3v) is 3.94. The van der Waals surface area contributed by atoms with Crippen LogP contribution in [0.2, 0.25) is 0 Å². The fourth-order valence-electron chi connectivity index (χ4n) is 2.94. The smallest absolute Gasteiger partial charge is 0.0843 e. The molecule has 1 N–H and O–H groups in total. The molecule has 102 valence electrons. The SMILES string of the molecule is CCc1cccc(CC)c1N1CCC(NCC#N)C1. The molecule has 0 bridgehead atoms. The van der Waals surface area contributed by atoms with Crippen molar-refractivity contribution in [2.45, 2.75) is 39.2 Å². The van der Waals surface area contributed by atoms with E-state index < -0.39 is 0 Å². The maximum atomic E-state index is 8.65. The Morgan fingerprint density at radius 3 is 2.58 bits per heavy atom. The summed E-state index contributed by atoms with van der Waals surface area (Å²) >= 11 is 0. The van der Waals surface area contributed by atoms with Crippen LogP contribution in [0.25, 0.3) is 0 Å². The Morgan fingerprint density at radius 1 is 1.32 bits per heavy atom. The highest BCUT2D eigenvalue weighted by Crippen LogP contribution is 2.29. The minimum atomic E-state index is 0.453. The van der Waals surface area contributed by atoms with Crippen molar-refractivity contribution in [2.24, 2.45) is 0 Å². The number of hydrogen-bond acceptors (Lipinski definition) is 3. The number of nitrogens with zero attached hydrogens (tertiary/aromatic N) is 2. The molecule has 19 heavy (non-hydrogen) atoms. The normalized spacial score (nSPS) is 18.6. The Hall–Kier alpha value is -1.53. The fourth-order valence-corrected chi connectivity index (χ4v) is 2.94. The molecule has 0 saturated carbocycles. The van der Waals surface area contributed by atoms with E-state index in [1.807, 2.05) is 0 Å². The Morgan fingerprint density at radius 2 is 2.00 bits per heavy atom. The van der Waals surface area contributed by atoms with Crippen LogP contribution >= 0.6 is 0 Å². The first kappa shape index (κ1) is 13.9. The van der Waals surface area contributed by atoms with E-state index in [-0.39, 0.29) is 0 Å². The van der Waals surface area contributed by atoms with E-state index in [0.29, 0.717) is 12.6 Å². The van der Waals surface area contributed by atoms with Gasteiger partial charge in [-0.2, -0.15) is 5.26 Å². The largest absolute Gasteiger partial charge is 0.369 e. The lowest BCUT2D eigenvalue weighted by Crippen LogP contribution is -2.33. The monoisotopic (exact) mass is 257 g/mol. The molecule has 3 heteroatoms.